The highest BCUT2D eigenvalue weighted by Crippen LogP contribution is 2.37. The van der Waals surface area contributed by atoms with Gasteiger partial charge >= 0.3 is 0 Å². The molecule has 1 amide bonds. The van der Waals surface area contributed by atoms with Crippen LogP contribution in [0.15, 0.2) is 42.6 Å². The largest absolute Gasteiger partial charge is 0.455 e. The Morgan fingerprint density at radius 1 is 1.24 bits per heavy atom. The van der Waals surface area contributed by atoms with Crippen molar-refractivity contribution in [2.75, 3.05) is 41.5 Å². The smallest absolute Gasteiger partial charge is 0.268 e. The van der Waals surface area contributed by atoms with E-state index in [1.165, 1.54) is 17.2 Å². The Morgan fingerprint density at radius 2 is 2.03 bits per heavy atom. The van der Waals surface area contributed by atoms with E-state index in [4.69, 9.17) is 27.9 Å². The lowest BCUT2D eigenvalue weighted by atomic mass is 10.1. The highest BCUT2D eigenvalue weighted by molar-refractivity contribution is 6.40. The molecule has 0 radical (unpaired) electrons. The number of nitrogens with one attached hydrogen (secondary N) is 2. The van der Waals surface area contributed by atoms with Crippen molar-refractivity contribution in [2.24, 2.45) is 0 Å². The van der Waals surface area contributed by atoms with Crippen LogP contribution in [0.3, 0.4) is 0 Å². The Balaban J connectivity index is 1.35. The lowest BCUT2D eigenvalue weighted by Crippen LogP contribution is -2.50. The normalized spacial score (nSPS) is 17.9. The number of anilines is 4. The number of halogens is 3. The molecule has 0 spiro atoms. The lowest BCUT2D eigenvalue weighted by Gasteiger charge is -2.36. The molecule has 176 valence electrons. The molecular formula is C23H21Cl2FN6O2. The minimum atomic E-state index is -0.386. The van der Waals surface area contributed by atoms with Gasteiger partial charge in [-0.05, 0) is 37.3 Å². The molecular weight excluding hydrogens is 482 g/mol. The van der Waals surface area contributed by atoms with Gasteiger partial charge in [0.2, 0.25) is 11.8 Å². The van der Waals surface area contributed by atoms with Crippen LogP contribution in [-0.2, 0) is 0 Å². The minimum absolute atomic E-state index is 0.113. The number of benzene rings is 2. The average molecular weight is 503 g/mol. The number of piperazine rings is 1. The van der Waals surface area contributed by atoms with Gasteiger partial charge in [-0.2, -0.15) is 4.98 Å². The molecule has 8 nitrogen and oxygen atoms in total. The lowest BCUT2D eigenvalue weighted by molar-refractivity contribution is 0.0932. The molecule has 2 aliphatic heterocycles. The van der Waals surface area contributed by atoms with Crippen LogP contribution >= 0.6 is 23.2 Å². The van der Waals surface area contributed by atoms with Crippen molar-refractivity contribution in [2.45, 2.75) is 13.0 Å². The Bertz CT molecular complexity index is 1240. The van der Waals surface area contributed by atoms with Gasteiger partial charge in [-0.3, -0.25) is 9.69 Å². The number of nitrogens with zero attached hydrogens (tertiary/aromatic N) is 4. The van der Waals surface area contributed by atoms with E-state index in [9.17, 15) is 9.18 Å². The maximum Gasteiger partial charge on any atom is 0.268 e. The zero-order valence-electron chi connectivity index (χ0n) is 18.2. The summed E-state index contributed by atoms with van der Waals surface area (Å²) in [7, 11) is 0. The molecule has 5 rings (SSSR count). The molecule has 0 saturated carbocycles. The highest BCUT2D eigenvalue weighted by Gasteiger charge is 2.31. The number of ether oxygens (including phenoxy) is 1. The van der Waals surface area contributed by atoms with E-state index in [0.29, 0.717) is 27.1 Å². The van der Waals surface area contributed by atoms with E-state index in [1.807, 2.05) is 4.90 Å². The van der Waals surface area contributed by atoms with Crippen LogP contribution in [0.1, 0.15) is 17.3 Å². The van der Waals surface area contributed by atoms with E-state index >= 15 is 0 Å². The maximum atomic E-state index is 14.9. The summed E-state index contributed by atoms with van der Waals surface area (Å²) < 4.78 is 20.6. The number of amides is 1. The Morgan fingerprint density at radius 3 is 2.76 bits per heavy atom. The van der Waals surface area contributed by atoms with Crippen LogP contribution in [0, 0.1) is 5.82 Å². The van der Waals surface area contributed by atoms with Crippen LogP contribution in [0.2, 0.25) is 10.0 Å². The molecule has 0 unspecified atom stereocenters. The first-order valence-electron chi connectivity index (χ1n) is 10.7. The molecule has 2 aliphatic rings. The van der Waals surface area contributed by atoms with Gasteiger partial charge in [-0.15, -0.1) is 0 Å². The fraction of sp³-hybridized carbons (Fsp3) is 0.261. The number of para-hydroxylation sites is 1. The molecule has 2 aromatic carbocycles. The van der Waals surface area contributed by atoms with Crippen molar-refractivity contribution in [1.82, 2.24) is 15.3 Å². The number of aromatic nitrogens is 2. The summed E-state index contributed by atoms with van der Waals surface area (Å²) in [6.45, 7) is 4.30. The van der Waals surface area contributed by atoms with Crippen molar-refractivity contribution in [3.63, 3.8) is 0 Å². The molecule has 0 aliphatic carbocycles. The molecule has 3 aromatic rings. The molecule has 3 heterocycles. The van der Waals surface area contributed by atoms with Crippen LogP contribution in [0.5, 0.6) is 5.88 Å². The van der Waals surface area contributed by atoms with Crippen LogP contribution in [0.25, 0.3) is 0 Å². The van der Waals surface area contributed by atoms with Crippen LogP contribution < -0.4 is 25.2 Å². The third-order valence-corrected chi connectivity index (χ3v) is 6.39. The summed E-state index contributed by atoms with van der Waals surface area (Å²) in [5.74, 6) is -0.425. The molecule has 0 bridgehead atoms. The monoisotopic (exact) mass is 502 g/mol. The second kappa shape index (κ2) is 9.25. The summed E-state index contributed by atoms with van der Waals surface area (Å²) in [6, 6.07) is 10.1. The molecule has 1 aromatic heterocycles. The van der Waals surface area contributed by atoms with E-state index < -0.39 is 0 Å². The summed E-state index contributed by atoms with van der Waals surface area (Å²) >= 11 is 12.5. The van der Waals surface area contributed by atoms with Gasteiger partial charge in [-0.25, -0.2) is 9.37 Å². The van der Waals surface area contributed by atoms with Gasteiger partial charge in [0.25, 0.3) is 5.91 Å². The van der Waals surface area contributed by atoms with Crippen LogP contribution in [0.4, 0.5) is 27.4 Å². The zero-order valence-corrected chi connectivity index (χ0v) is 19.7. The zero-order chi connectivity index (χ0) is 23.8. The molecule has 34 heavy (non-hydrogen) atoms. The summed E-state index contributed by atoms with van der Waals surface area (Å²) in [5, 5.41) is 6.92. The Kier molecular flexibility index (Phi) is 6.16. The number of carbonyl (C=O) groups is 1. The number of fused-ring (bicyclic) bond motifs is 1. The van der Waals surface area contributed by atoms with Gasteiger partial charge < -0.3 is 20.3 Å². The van der Waals surface area contributed by atoms with Gasteiger partial charge in [0.15, 0.2) is 6.73 Å². The van der Waals surface area contributed by atoms with Gasteiger partial charge in [-0.1, -0.05) is 29.3 Å². The van der Waals surface area contributed by atoms with Gasteiger partial charge in [0.05, 0.1) is 21.4 Å². The Hall–Kier alpha value is -3.14. The minimum Gasteiger partial charge on any atom is -0.455 e. The van der Waals surface area contributed by atoms with Gasteiger partial charge in [0.1, 0.15) is 11.4 Å². The first-order chi connectivity index (χ1) is 16.4. The van der Waals surface area contributed by atoms with Crippen LogP contribution in [-0.4, -0.2) is 48.3 Å². The summed E-state index contributed by atoms with van der Waals surface area (Å²) in [4.78, 5) is 24.9. The molecule has 11 heteroatoms. The number of carbonyl (C=O) groups excluding carboxylic acids is 1. The number of rotatable bonds is 4. The quantitative estimate of drug-likeness (QED) is 0.544. The predicted octanol–water partition coefficient (Wildman–Crippen LogP) is 4.46. The van der Waals surface area contributed by atoms with E-state index in [1.54, 1.807) is 30.3 Å². The first kappa shape index (κ1) is 22.6. The topological polar surface area (TPSA) is 82.6 Å². The fourth-order valence-electron chi connectivity index (χ4n) is 4.07. The third kappa shape index (κ3) is 4.22. The van der Waals surface area contributed by atoms with Crippen molar-refractivity contribution < 1.29 is 13.9 Å². The number of hydrogen-bond donors (Lipinski definition) is 2. The second-order valence-electron chi connectivity index (χ2n) is 8.03. The third-order valence-electron chi connectivity index (χ3n) is 5.78. The SMILES string of the molecule is C[C@@H]1CNCCN1c1ccc(Nc2ncc3c(n2)OCN(c2c(Cl)cccc2Cl)C3=O)cc1F. The first-order valence-corrected chi connectivity index (χ1v) is 11.5. The fourth-order valence-corrected chi connectivity index (χ4v) is 4.67. The Labute approximate surface area is 205 Å². The van der Waals surface area contributed by atoms with Crippen molar-refractivity contribution >= 4 is 52.1 Å². The number of hydrogen-bond acceptors (Lipinski definition) is 7. The van der Waals surface area contributed by atoms with E-state index in [-0.39, 0.29) is 41.9 Å². The maximum absolute atomic E-state index is 14.9. The predicted molar refractivity (Wildman–Crippen MR) is 130 cm³/mol. The molecule has 2 N–H and O–H groups in total. The van der Waals surface area contributed by atoms with E-state index in [2.05, 4.69) is 27.5 Å². The van der Waals surface area contributed by atoms with Gasteiger partial charge in [0, 0.05) is 37.6 Å². The highest BCUT2D eigenvalue weighted by atomic mass is 35.5. The van der Waals surface area contributed by atoms with Crippen molar-refractivity contribution in [3.05, 3.63) is 64.0 Å². The summed E-state index contributed by atoms with van der Waals surface area (Å²) in [5.41, 5.74) is 1.56. The van der Waals surface area contributed by atoms with Crippen molar-refractivity contribution in [3.8, 4) is 5.88 Å². The average Bonchev–Trinajstić information content (AvgIpc) is 2.81. The van der Waals surface area contributed by atoms with Crippen molar-refractivity contribution in [1.29, 1.82) is 0 Å². The standard InChI is InChI=1S/C23H21Cl2FN6O2/c1-13-10-27-7-8-31(13)19-6-5-14(9-18(19)26)29-23-28-11-15-21(30-23)34-12-32(22(15)33)20-16(24)3-2-4-17(20)25/h2-6,9,11,13,27H,7-8,10,12H2,1H3,(H,28,29,30)/t13-/m1/s1. The second-order valence-corrected chi connectivity index (χ2v) is 8.84. The molecule has 1 fully saturated rings. The van der Waals surface area contributed by atoms with E-state index in [0.717, 1.165) is 19.6 Å². The molecule has 1 atom stereocenters. The summed E-state index contributed by atoms with van der Waals surface area (Å²) in [6.07, 6.45) is 1.36. The molecule has 1 saturated heterocycles.